The van der Waals surface area contributed by atoms with E-state index in [2.05, 4.69) is 22.5 Å². The quantitative estimate of drug-likeness (QED) is 0.750. The molecule has 6 heteroatoms. The minimum absolute atomic E-state index is 0.210. The van der Waals surface area contributed by atoms with Gasteiger partial charge in [0.1, 0.15) is 5.60 Å². The van der Waals surface area contributed by atoms with Gasteiger partial charge in [0.05, 0.1) is 6.54 Å². The number of carbonyl (C=O) groups is 1. The number of nitrogens with one attached hydrogen (secondary N) is 2. The minimum Gasteiger partial charge on any atom is -0.383 e. The summed E-state index contributed by atoms with van der Waals surface area (Å²) in [4.78, 5) is 15.1. The van der Waals surface area contributed by atoms with Gasteiger partial charge in [0, 0.05) is 17.5 Å². The monoisotopic (exact) mass is 311 g/mol. The molecule has 118 valence electrons. The fourth-order valence-corrected chi connectivity index (χ4v) is 3.53. The lowest BCUT2D eigenvalue weighted by molar-refractivity contribution is 0.0631. The lowest BCUT2D eigenvalue weighted by Gasteiger charge is -2.24. The molecular weight excluding hydrogens is 286 g/mol. The summed E-state index contributed by atoms with van der Waals surface area (Å²) < 4.78 is 0. The molecule has 3 N–H and O–H groups in total. The van der Waals surface area contributed by atoms with Crippen LogP contribution in [0.15, 0.2) is 17.5 Å². The Bertz CT molecular complexity index is 448. The molecule has 1 aliphatic rings. The largest absolute Gasteiger partial charge is 0.383 e. The maximum Gasteiger partial charge on any atom is 0.314 e. The lowest BCUT2D eigenvalue weighted by atomic mass is 10.1. The number of rotatable bonds is 6. The van der Waals surface area contributed by atoms with Crippen LogP contribution in [0, 0.1) is 0 Å². The Morgan fingerprint density at radius 2 is 2.38 bits per heavy atom. The van der Waals surface area contributed by atoms with Crippen LogP contribution in [0.4, 0.5) is 4.79 Å². The van der Waals surface area contributed by atoms with E-state index in [4.69, 9.17) is 0 Å². The molecule has 1 aromatic heterocycles. The summed E-state index contributed by atoms with van der Waals surface area (Å²) in [6.07, 6.45) is 2.34. The van der Waals surface area contributed by atoms with Crippen molar-refractivity contribution >= 4 is 17.4 Å². The summed E-state index contributed by atoms with van der Waals surface area (Å²) >= 11 is 1.49. The number of likely N-dealkylation sites (N-methyl/N-ethyl adjacent to an activating group) is 1. The summed E-state index contributed by atoms with van der Waals surface area (Å²) in [5.74, 6) is 0. The fraction of sp³-hybridized carbons (Fsp3) is 0.667. The van der Waals surface area contributed by atoms with Gasteiger partial charge < -0.3 is 15.7 Å². The molecule has 2 amide bonds. The molecule has 21 heavy (non-hydrogen) atoms. The van der Waals surface area contributed by atoms with Gasteiger partial charge in [0.15, 0.2) is 0 Å². The van der Waals surface area contributed by atoms with Crippen molar-refractivity contribution in [3.05, 3.63) is 22.4 Å². The zero-order valence-electron chi connectivity index (χ0n) is 12.8. The molecule has 5 nitrogen and oxygen atoms in total. The maximum atomic E-state index is 11.9. The molecule has 0 bridgehead atoms. The van der Waals surface area contributed by atoms with E-state index in [1.807, 2.05) is 17.5 Å². The molecule has 1 aliphatic heterocycles. The molecule has 0 saturated carbocycles. The third-order valence-corrected chi connectivity index (χ3v) is 5.17. The van der Waals surface area contributed by atoms with Crippen molar-refractivity contribution in [1.29, 1.82) is 0 Å². The van der Waals surface area contributed by atoms with Crippen LogP contribution in [0.2, 0.25) is 0 Å². The number of nitrogens with zero attached hydrogens (tertiary/aromatic N) is 1. The Morgan fingerprint density at radius 1 is 1.57 bits per heavy atom. The van der Waals surface area contributed by atoms with E-state index < -0.39 is 5.60 Å². The third kappa shape index (κ3) is 4.43. The molecule has 0 radical (unpaired) electrons. The van der Waals surface area contributed by atoms with Gasteiger partial charge in [-0.2, -0.15) is 0 Å². The number of amides is 2. The van der Waals surface area contributed by atoms with E-state index in [0.717, 1.165) is 24.4 Å². The maximum absolute atomic E-state index is 11.9. The average Bonchev–Trinajstić information content (AvgIpc) is 3.13. The standard InChI is InChI=1S/C15H25N3O2S/c1-3-18-8-4-6-12(18)10-16-14(19)17-11-15(2,20)13-7-5-9-21-13/h5,7,9,12,20H,3-4,6,8,10-11H2,1-2H3,(H2,16,17,19). The molecule has 1 aromatic rings. The molecule has 0 aliphatic carbocycles. The molecule has 0 aromatic carbocycles. The highest BCUT2D eigenvalue weighted by atomic mass is 32.1. The Hall–Kier alpha value is -1.11. The summed E-state index contributed by atoms with van der Waals surface area (Å²) in [5, 5.41) is 17.9. The van der Waals surface area contributed by atoms with Gasteiger partial charge in [0.2, 0.25) is 0 Å². The highest BCUT2D eigenvalue weighted by Gasteiger charge is 2.26. The van der Waals surface area contributed by atoms with E-state index in [-0.39, 0.29) is 12.6 Å². The van der Waals surface area contributed by atoms with Gasteiger partial charge >= 0.3 is 6.03 Å². The SMILES string of the molecule is CCN1CCCC1CNC(=O)NCC(C)(O)c1cccs1. The smallest absolute Gasteiger partial charge is 0.314 e. The Labute approximate surface area is 130 Å². The number of thiophene rings is 1. The van der Waals surface area contributed by atoms with Crippen molar-refractivity contribution in [2.75, 3.05) is 26.2 Å². The van der Waals surface area contributed by atoms with Crippen LogP contribution in [0.5, 0.6) is 0 Å². The number of carbonyl (C=O) groups excluding carboxylic acids is 1. The first-order valence-electron chi connectivity index (χ1n) is 7.55. The van der Waals surface area contributed by atoms with Gasteiger partial charge in [-0.3, -0.25) is 4.90 Å². The second-order valence-corrected chi connectivity index (χ2v) is 6.69. The first-order valence-corrected chi connectivity index (χ1v) is 8.43. The average molecular weight is 311 g/mol. The van der Waals surface area contributed by atoms with E-state index in [0.29, 0.717) is 12.6 Å². The zero-order chi connectivity index (χ0) is 15.3. The van der Waals surface area contributed by atoms with Gasteiger partial charge in [-0.1, -0.05) is 13.0 Å². The Morgan fingerprint density at radius 3 is 3.05 bits per heavy atom. The highest BCUT2D eigenvalue weighted by Crippen LogP contribution is 2.24. The normalized spacial score (nSPS) is 22.0. The molecule has 2 unspecified atom stereocenters. The predicted molar refractivity (Wildman–Crippen MR) is 85.6 cm³/mol. The van der Waals surface area contributed by atoms with Crippen LogP contribution in [0.25, 0.3) is 0 Å². The predicted octanol–water partition coefficient (Wildman–Crippen LogP) is 1.74. The minimum atomic E-state index is -1.02. The van der Waals surface area contributed by atoms with Crippen molar-refractivity contribution in [2.24, 2.45) is 0 Å². The van der Waals surface area contributed by atoms with Crippen LogP contribution in [0.3, 0.4) is 0 Å². The van der Waals surface area contributed by atoms with Crippen molar-refractivity contribution in [3.63, 3.8) is 0 Å². The molecule has 2 heterocycles. The fourth-order valence-electron chi connectivity index (χ4n) is 2.74. The van der Waals surface area contributed by atoms with Gasteiger partial charge in [-0.15, -0.1) is 11.3 Å². The molecule has 1 fully saturated rings. The Kier molecular flexibility index (Phi) is 5.61. The summed E-state index contributed by atoms with van der Waals surface area (Å²) in [6, 6.07) is 4.00. The van der Waals surface area contributed by atoms with Crippen molar-refractivity contribution < 1.29 is 9.90 Å². The van der Waals surface area contributed by atoms with Crippen molar-refractivity contribution in [1.82, 2.24) is 15.5 Å². The van der Waals surface area contributed by atoms with E-state index in [1.54, 1.807) is 6.92 Å². The van der Waals surface area contributed by atoms with Gasteiger partial charge in [0.25, 0.3) is 0 Å². The third-order valence-electron chi connectivity index (χ3n) is 4.05. The van der Waals surface area contributed by atoms with Gasteiger partial charge in [-0.25, -0.2) is 4.79 Å². The molecule has 2 atom stereocenters. The number of urea groups is 1. The summed E-state index contributed by atoms with van der Waals surface area (Å²) in [6.45, 7) is 6.90. The van der Waals surface area contributed by atoms with Crippen LogP contribution in [0.1, 0.15) is 31.6 Å². The number of hydrogen-bond acceptors (Lipinski definition) is 4. The first kappa shape index (κ1) is 16.3. The zero-order valence-corrected chi connectivity index (χ0v) is 13.6. The molecular formula is C15H25N3O2S. The van der Waals surface area contributed by atoms with E-state index in [1.165, 1.54) is 17.8 Å². The van der Waals surface area contributed by atoms with Crippen LogP contribution in [-0.4, -0.2) is 48.3 Å². The van der Waals surface area contributed by atoms with Gasteiger partial charge in [-0.05, 0) is 44.3 Å². The van der Waals surface area contributed by atoms with E-state index >= 15 is 0 Å². The van der Waals surface area contributed by atoms with Crippen LogP contribution < -0.4 is 10.6 Å². The Balaban J connectivity index is 1.72. The number of aliphatic hydroxyl groups is 1. The highest BCUT2D eigenvalue weighted by molar-refractivity contribution is 7.10. The number of likely N-dealkylation sites (tertiary alicyclic amines) is 1. The first-order chi connectivity index (χ1) is 10.0. The van der Waals surface area contributed by atoms with Crippen molar-refractivity contribution in [3.8, 4) is 0 Å². The molecule has 0 spiro atoms. The molecule has 2 rings (SSSR count). The van der Waals surface area contributed by atoms with Crippen LogP contribution in [-0.2, 0) is 5.60 Å². The summed E-state index contributed by atoms with van der Waals surface area (Å²) in [5.41, 5.74) is -1.02. The topological polar surface area (TPSA) is 64.6 Å². The second-order valence-electron chi connectivity index (χ2n) is 5.74. The lowest BCUT2D eigenvalue weighted by Crippen LogP contribution is -2.47. The van der Waals surface area contributed by atoms with E-state index in [9.17, 15) is 9.90 Å². The van der Waals surface area contributed by atoms with Crippen molar-refractivity contribution in [2.45, 2.75) is 38.3 Å². The second kappa shape index (κ2) is 7.24. The van der Waals surface area contributed by atoms with Crippen LogP contribution >= 0.6 is 11.3 Å². The summed E-state index contributed by atoms with van der Waals surface area (Å²) in [7, 11) is 0. The molecule has 1 saturated heterocycles. The number of hydrogen-bond donors (Lipinski definition) is 3.